The first-order valence-electron chi connectivity index (χ1n) is 6.03. The molecule has 0 aliphatic rings. The van der Waals surface area contributed by atoms with Gasteiger partial charge in [-0.2, -0.15) is 5.10 Å². The number of aryl methyl sites for hydroxylation is 1. The fraction of sp³-hybridized carbons (Fsp3) is 0.538. The molecule has 1 N–H and O–H groups in total. The highest BCUT2D eigenvalue weighted by atomic mass is 16.5. The molecule has 5 nitrogen and oxygen atoms in total. The molecular weight excluding hydrogens is 230 g/mol. The molecule has 0 unspecified atom stereocenters. The van der Waals surface area contributed by atoms with Gasteiger partial charge in [-0.05, 0) is 0 Å². The number of hydrogen-bond acceptors (Lipinski definition) is 4. The van der Waals surface area contributed by atoms with Crippen molar-refractivity contribution in [3.8, 4) is 11.3 Å². The molecule has 0 fully saturated rings. The third-order valence-corrected chi connectivity index (χ3v) is 2.73. The Morgan fingerprint density at radius 2 is 2.11 bits per heavy atom. The number of nitrogens with zero attached hydrogens (tertiary/aromatic N) is 3. The Morgan fingerprint density at radius 3 is 2.72 bits per heavy atom. The fourth-order valence-electron chi connectivity index (χ4n) is 1.90. The molecular formula is C13H19N3O2. The lowest BCUT2D eigenvalue weighted by molar-refractivity contribution is 0.277. The normalized spacial score (nSPS) is 12.1. The summed E-state index contributed by atoms with van der Waals surface area (Å²) < 4.78 is 6.98. The Bertz CT molecular complexity index is 535. The molecule has 2 aromatic rings. The highest BCUT2D eigenvalue weighted by Gasteiger charge is 2.24. The average Bonchev–Trinajstić information content (AvgIpc) is 2.84. The molecule has 2 rings (SSSR count). The minimum atomic E-state index is -0.0489. The summed E-state index contributed by atoms with van der Waals surface area (Å²) in [5.41, 5.74) is 2.70. The van der Waals surface area contributed by atoms with Crippen molar-refractivity contribution in [1.29, 1.82) is 0 Å². The third-order valence-electron chi connectivity index (χ3n) is 2.73. The van der Waals surface area contributed by atoms with E-state index in [2.05, 4.69) is 31.0 Å². The third kappa shape index (κ3) is 2.46. The van der Waals surface area contributed by atoms with E-state index in [0.717, 1.165) is 17.0 Å². The zero-order valence-corrected chi connectivity index (χ0v) is 11.3. The molecule has 0 saturated carbocycles. The van der Waals surface area contributed by atoms with Gasteiger partial charge in [-0.25, -0.2) is 0 Å². The van der Waals surface area contributed by atoms with Gasteiger partial charge in [0.15, 0.2) is 0 Å². The van der Waals surface area contributed by atoms with Crippen molar-refractivity contribution in [2.45, 2.75) is 32.6 Å². The van der Waals surface area contributed by atoms with Gasteiger partial charge >= 0.3 is 0 Å². The number of aliphatic hydroxyl groups excluding tert-OH is 1. The van der Waals surface area contributed by atoms with E-state index in [4.69, 9.17) is 9.63 Å². The lowest BCUT2D eigenvalue weighted by Crippen LogP contribution is -2.13. The Labute approximate surface area is 106 Å². The van der Waals surface area contributed by atoms with E-state index >= 15 is 0 Å². The van der Waals surface area contributed by atoms with Gasteiger partial charge in [0.2, 0.25) is 0 Å². The van der Waals surface area contributed by atoms with Crippen molar-refractivity contribution in [3.05, 3.63) is 23.7 Å². The quantitative estimate of drug-likeness (QED) is 0.902. The van der Waals surface area contributed by atoms with Crippen LogP contribution in [0.25, 0.3) is 11.3 Å². The number of rotatable bonds is 3. The lowest BCUT2D eigenvalue weighted by Gasteiger charge is -2.16. The molecule has 18 heavy (non-hydrogen) atoms. The zero-order valence-electron chi connectivity index (χ0n) is 11.3. The Hall–Kier alpha value is -1.62. The second-order valence-corrected chi connectivity index (χ2v) is 5.47. The molecule has 0 atom stereocenters. The summed E-state index contributed by atoms with van der Waals surface area (Å²) in [7, 11) is 1.90. The van der Waals surface area contributed by atoms with Gasteiger partial charge < -0.3 is 9.63 Å². The van der Waals surface area contributed by atoms with Crippen molar-refractivity contribution < 1.29 is 9.63 Å². The van der Waals surface area contributed by atoms with Gasteiger partial charge in [-0.15, -0.1) is 0 Å². The minimum Gasteiger partial charge on any atom is -0.396 e. The van der Waals surface area contributed by atoms with Crippen LogP contribution in [0.1, 0.15) is 32.2 Å². The van der Waals surface area contributed by atoms with Crippen molar-refractivity contribution in [1.82, 2.24) is 14.9 Å². The molecule has 2 aromatic heterocycles. The van der Waals surface area contributed by atoms with Gasteiger partial charge in [0.25, 0.3) is 0 Å². The topological polar surface area (TPSA) is 64.1 Å². The smallest absolute Gasteiger partial charge is 0.139 e. The van der Waals surface area contributed by atoms with Crippen molar-refractivity contribution in [2.75, 3.05) is 6.61 Å². The molecule has 2 heterocycles. The summed E-state index contributed by atoms with van der Waals surface area (Å²) in [5, 5.41) is 17.4. The van der Waals surface area contributed by atoms with Crippen molar-refractivity contribution in [2.24, 2.45) is 7.05 Å². The van der Waals surface area contributed by atoms with E-state index in [-0.39, 0.29) is 12.0 Å². The van der Waals surface area contributed by atoms with E-state index < -0.39 is 0 Å². The first-order valence-corrected chi connectivity index (χ1v) is 6.03. The van der Waals surface area contributed by atoms with Gasteiger partial charge in [0.05, 0.1) is 12.3 Å². The van der Waals surface area contributed by atoms with Gasteiger partial charge in [0, 0.05) is 36.7 Å². The maximum atomic E-state index is 8.88. The number of hydrogen-bond donors (Lipinski definition) is 1. The van der Waals surface area contributed by atoms with Gasteiger partial charge in [-0.1, -0.05) is 25.9 Å². The first kappa shape index (κ1) is 12.8. The van der Waals surface area contributed by atoms with E-state index in [1.54, 1.807) is 4.68 Å². The maximum absolute atomic E-state index is 8.88. The van der Waals surface area contributed by atoms with Crippen LogP contribution in [0.15, 0.2) is 16.8 Å². The highest BCUT2D eigenvalue weighted by molar-refractivity contribution is 5.62. The van der Waals surface area contributed by atoms with Crippen LogP contribution in [0.5, 0.6) is 0 Å². The number of aliphatic hydroxyl groups is 1. The lowest BCUT2D eigenvalue weighted by atomic mass is 9.89. The summed E-state index contributed by atoms with van der Waals surface area (Å²) >= 11 is 0. The van der Waals surface area contributed by atoms with E-state index in [1.165, 1.54) is 0 Å². The standard InChI is InChI=1S/C13H19N3O2/c1-13(2,3)12-10(8-16(4)14-12)11-7-9(5-6-17)18-15-11/h7-8,17H,5-6H2,1-4H3. The van der Waals surface area contributed by atoms with Crippen LogP contribution < -0.4 is 0 Å². The van der Waals surface area contributed by atoms with E-state index in [1.807, 2.05) is 19.3 Å². The highest BCUT2D eigenvalue weighted by Crippen LogP contribution is 2.31. The van der Waals surface area contributed by atoms with E-state index in [9.17, 15) is 0 Å². The zero-order chi connectivity index (χ0) is 13.3. The van der Waals surface area contributed by atoms with Gasteiger partial charge in [0.1, 0.15) is 11.5 Å². The van der Waals surface area contributed by atoms with Crippen LogP contribution in [0.2, 0.25) is 0 Å². The molecule has 0 spiro atoms. The molecule has 0 aliphatic heterocycles. The van der Waals surface area contributed by atoms with E-state index in [0.29, 0.717) is 12.2 Å². The predicted octanol–water partition coefficient (Wildman–Crippen LogP) is 1.91. The minimum absolute atomic E-state index is 0.0489. The van der Waals surface area contributed by atoms with Crippen LogP contribution >= 0.6 is 0 Å². The Kier molecular flexibility index (Phi) is 3.26. The molecule has 0 aromatic carbocycles. The van der Waals surface area contributed by atoms with Crippen LogP contribution in [-0.2, 0) is 18.9 Å². The summed E-state index contributed by atoms with van der Waals surface area (Å²) in [4.78, 5) is 0. The van der Waals surface area contributed by atoms with Crippen LogP contribution in [0.3, 0.4) is 0 Å². The molecule has 0 bridgehead atoms. The summed E-state index contributed by atoms with van der Waals surface area (Å²) in [6, 6.07) is 1.86. The molecule has 98 valence electrons. The first-order chi connectivity index (χ1) is 8.41. The molecule has 0 saturated heterocycles. The summed E-state index contributed by atoms with van der Waals surface area (Å²) in [6.07, 6.45) is 2.43. The number of aromatic nitrogens is 3. The monoisotopic (exact) mass is 249 g/mol. The van der Waals surface area contributed by atoms with Crippen molar-refractivity contribution >= 4 is 0 Å². The molecule has 0 amide bonds. The fourth-order valence-corrected chi connectivity index (χ4v) is 1.90. The van der Waals surface area contributed by atoms with Crippen molar-refractivity contribution in [3.63, 3.8) is 0 Å². The average molecular weight is 249 g/mol. The Balaban J connectivity index is 2.43. The Morgan fingerprint density at radius 1 is 1.39 bits per heavy atom. The van der Waals surface area contributed by atoms with Gasteiger partial charge in [-0.3, -0.25) is 4.68 Å². The maximum Gasteiger partial charge on any atom is 0.139 e. The molecule has 0 aliphatic carbocycles. The summed E-state index contributed by atoms with van der Waals surface area (Å²) in [6.45, 7) is 6.42. The SMILES string of the molecule is Cn1cc(-c2cc(CCO)on2)c(C(C)(C)C)n1. The second-order valence-electron chi connectivity index (χ2n) is 5.47. The molecule has 0 radical (unpaired) electrons. The molecule has 5 heteroatoms. The second kappa shape index (κ2) is 4.57. The summed E-state index contributed by atoms with van der Waals surface area (Å²) in [5.74, 6) is 0.691. The van der Waals surface area contributed by atoms with Crippen LogP contribution in [-0.4, -0.2) is 26.7 Å². The predicted molar refractivity (Wildman–Crippen MR) is 68.2 cm³/mol. The van der Waals surface area contributed by atoms with Crippen LogP contribution in [0.4, 0.5) is 0 Å². The van der Waals surface area contributed by atoms with Crippen LogP contribution in [0, 0.1) is 0 Å². The largest absolute Gasteiger partial charge is 0.396 e.